The van der Waals surface area contributed by atoms with Crippen LogP contribution in [0.5, 0.6) is 0 Å². The molecule has 35 heavy (non-hydrogen) atoms. The topological polar surface area (TPSA) is 82.5 Å². The highest BCUT2D eigenvalue weighted by molar-refractivity contribution is 5.93. The van der Waals surface area contributed by atoms with Gasteiger partial charge in [0, 0.05) is 56.1 Å². The molecule has 2 heterocycles. The lowest BCUT2D eigenvalue weighted by atomic mass is 9.95. The Bertz CT molecular complexity index is 939. The standard InChI is InChI=1S/C28H40N2O5/c1-19-16-23(19)8-13-30(24-9-14-35-15-10-24)26-18-22(17-25(20(26)2)27(31)34-3)5-4-21-6-11-29(12-7-21)28(32)33/h17-19,21,23-24,28,32-33H,6-16H2,1-3H3/t19?,23-/m0/s1. The smallest absolute Gasteiger partial charge is 0.338 e. The fraction of sp³-hybridized carbons (Fsp3) is 0.679. The van der Waals surface area contributed by atoms with E-state index in [1.54, 1.807) is 4.90 Å². The Morgan fingerprint density at radius 1 is 1.23 bits per heavy atom. The summed E-state index contributed by atoms with van der Waals surface area (Å²) in [6.45, 7) is 8.07. The molecule has 1 aliphatic carbocycles. The van der Waals surface area contributed by atoms with Crippen molar-refractivity contribution in [3.05, 3.63) is 28.8 Å². The molecule has 3 aliphatic rings. The minimum atomic E-state index is -1.40. The molecule has 7 nitrogen and oxygen atoms in total. The van der Waals surface area contributed by atoms with Gasteiger partial charge in [0.1, 0.15) is 0 Å². The van der Waals surface area contributed by atoms with Crippen molar-refractivity contribution in [2.75, 3.05) is 44.9 Å². The van der Waals surface area contributed by atoms with Crippen LogP contribution in [0.4, 0.5) is 5.69 Å². The monoisotopic (exact) mass is 484 g/mol. The molecule has 3 fully saturated rings. The van der Waals surface area contributed by atoms with Crippen LogP contribution >= 0.6 is 0 Å². The van der Waals surface area contributed by atoms with Crippen molar-refractivity contribution in [1.29, 1.82) is 0 Å². The Morgan fingerprint density at radius 3 is 2.51 bits per heavy atom. The lowest BCUT2D eigenvalue weighted by Gasteiger charge is -2.37. The van der Waals surface area contributed by atoms with Gasteiger partial charge < -0.3 is 24.6 Å². The van der Waals surface area contributed by atoms with E-state index in [0.29, 0.717) is 24.7 Å². The SMILES string of the molecule is COC(=O)c1cc(C#CC2CCN(C(O)O)CC2)cc(N(CC[C@H]2CC2C)C2CCOCC2)c1C. The van der Waals surface area contributed by atoms with Crippen LogP contribution in [0.25, 0.3) is 0 Å². The fourth-order valence-electron chi connectivity index (χ4n) is 5.45. The molecule has 2 aliphatic heterocycles. The third-order valence-corrected chi connectivity index (χ3v) is 8.02. The number of piperidine rings is 1. The third-order valence-electron chi connectivity index (χ3n) is 8.02. The Kier molecular flexibility index (Phi) is 8.72. The molecule has 192 valence electrons. The van der Waals surface area contributed by atoms with Crippen molar-refractivity contribution >= 4 is 11.7 Å². The van der Waals surface area contributed by atoms with Crippen LogP contribution in [0.2, 0.25) is 0 Å². The molecule has 1 saturated carbocycles. The van der Waals surface area contributed by atoms with Gasteiger partial charge in [-0.3, -0.25) is 4.90 Å². The number of benzene rings is 1. The summed E-state index contributed by atoms with van der Waals surface area (Å²) in [5.74, 6) is 8.19. The Labute approximate surface area is 209 Å². The molecule has 0 bridgehead atoms. The van der Waals surface area contributed by atoms with E-state index in [9.17, 15) is 15.0 Å². The maximum absolute atomic E-state index is 12.7. The highest BCUT2D eigenvalue weighted by atomic mass is 16.5. The number of esters is 1. The lowest BCUT2D eigenvalue weighted by Crippen LogP contribution is -2.41. The highest BCUT2D eigenvalue weighted by Gasteiger charge is 2.34. The van der Waals surface area contributed by atoms with Crippen molar-refractivity contribution in [1.82, 2.24) is 4.90 Å². The quantitative estimate of drug-likeness (QED) is 0.350. The zero-order valence-electron chi connectivity index (χ0n) is 21.3. The van der Waals surface area contributed by atoms with Crippen molar-refractivity contribution in [2.24, 2.45) is 17.8 Å². The summed E-state index contributed by atoms with van der Waals surface area (Å²) in [4.78, 5) is 16.8. The maximum atomic E-state index is 12.7. The molecule has 7 heteroatoms. The number of hydrogen-bond acceptors (Lipinski definition) is 7. The van der Waals surface area contributed by atoms with Gasteiger partial charge in [0.25, 0.3) is 0 Å². The Hall–Kier alpha value is -2.11. The lowest BCUT2D eigenvalue weighted by molar-refractivity contribution is -0.161. The first-order chi connectivity index (χ1) is 16.9. The van der Waals surface area contributed by atoms with E-state index in [2.05, 4.69) is 29.7 Å². The van der Waals surface area contributed by atoms with Crippen LogP contribution in [-0.2, 0) is 9.47 Å². The molecule has 1 aromatic rings. The number of likely N-dealkylation sites (tertiary alicyclic amines) is 1. The van der Waals surface area contributed by atoms with E-state index in [1.165, 1.54) is 13.5 Å². The minimum absolute atomic E-state index is 0.194. The number of carbonyl (C=O) groups excluding carboxylic acids is 1. The van der Waals surface area contributed by atoms with Crippen LogP contribution in [0.3, 0.4) is 0 Å². The van der Waals surface area contributed by atoms with Crippen molar-refractivity contribution in [2.45, 2.75) is 64.8 Å². The number of carbonyl (C=O) groups is 1. The number of ether oxygens (including phenoxy) is 2. The molecule has 0 aromatic heterocycles. The number of aliphatic hydroxyl groups excluding tert-OH is 1. The highest BCUT2D eigenvalue weighted by Crippen LogP contribution is 2.41. The normalized spacial score (nSPS) is 23.6. The zero-order chi connectivity index (χ0) is 24.9. The second kappa shape index (κ2) is 11.7. The Balaban J connectivity index is 1.62. The van der Waals surface area contributed by atoms with Crippen LogP contribution in [0, 0.1) is 36.5 Å². The molecular formula is C28H40N2O5. The van der Waals surface area contributed by atoms with Gasteiger partial charge in [-0.15, -0.1) is 0 Å². The summed E-state index contributed by atoms with van der Waals surface area (Å²) in [6, 6.07) is 4.39. The largest absolute Gasteiger partial charge is 0.465 e. The molecule has 1 aromatic carbocycles. The molecule has 0 radical (unpaired) electrons. The number of aliphatic hydroxyl groups is 2. The van der Waals surface area contributed by atoms with Gasteiger partial charge in [-0.05, 0) is 75.0 Å². The first-order valence-corrected chi connectivity index (χ1v) is 13.1. The molecular weight excluding hydrogens is 444 g/mol. The number of methoxy groups -OCH3 is 1. The predicted molar refractivity (Wildman–Crippen MR) is 135 cm³/mol. The summed E-state index contributed by atoms with van der Waals surface area (Å²) >= 11 is 0. The minimum Gasteiger partial charge on any atom is -0.465 e. The molecule has 4 rings (SSSR count). The van der Waals surface area contributed by atoms with Gasteiger partial charge in [-0.1, -0.05) is 18.8 Å². The first kappa shape index (κ1) is 26.0. The van der Waals surface area contributed by atoms with Crippen LogP contribution < -0.4 is 4.90 Å². The summed E-state index contributed by atoms with van der Waals surface area (Å²) in [7, 11) is 1.42. The van der Waals surface area contributed by atoms with Crippen LogP contribution in [-0.4, -0.2) is 73.5 Å². The molecule has 2 saturated heterocycles. The molecule has 2 atom stereocenters. The fourth-order valence-corrected chi connectivity index (χ4v) is 5.45. The summed E-state index contributed by atoms with van der Waals surface area (Å²) in [5, 5.41) is 18.8. The van der Waals surface area contributed by atoms with E-state index >= 15 is 0 Å². The van der Waals surface area contributed by atoms with E-state index < -0.39 is 6.41 Å². The average molecular weight is 485 g/mol. The van der Waals surface area contributed by atoms with Crippen molar-refractivity contribution in [3.8, 4) is 11.8 Å². The second-order valence-electron chi connectivity index (χ2n) is 10.4. The molecule has 0 amide bonds. The van der Waals surface area contributed by atoms with Gasteiger partial charge in [-0.25, -0.2) is 4.79 Å². The van der Waals surface area contributed by atoms with Crippen LogP contribution in [0.15, 0.2) is 12.1 Å². The Morgan fingerprint density at radius 2 is 1.91 bits per heavy atom. The van der Waals surface area contributed by atoms with E-state index in [-0.39, 0.29) is 11.9 Å². The van der Waals surface area contributed by atoms with Gasteiger partial charge in [0.05, 0.1) is 12.7 Å². The summed E-state index contributed by atoms with van der Waals surface area (Å²) < 4.78 is 10.8. The van der Waals surface area contributed by atoms with Gasteiger partial charge in [0.15, 0.2) is 0 Å². The van der Waals surface area contributed by atoms with E-state index in [4.69, 9.17) is 9.47 Å². The number of nitrogens with zero attached hydrogens (tertiary/aromatic N) is 2. The van der Waals surface area contributed by atoms with E-state index in [1.807, 2.05) is 13.0 Å². The van der Waals surface area contributed by atoms with Gasteiger partial charge in [-0.2, -0.15) is 0 Å². The number of anilines is 1. The summed E-state index contributed by atoms with van der Waals surface area (Å²) in [6.07, 6.45) is 4.63. The third kappa shape index (κ3) is 6.56. The zero-order valence-corrected chi connectivity index (χ0v) is 21.3. The second-order valence-corrected chi connectivity index (χ2v) is 10.4. The first-order valence-electron chi connectivity index (χ1n) is 13.1. The average Bonchev–Trinajstić information content (AvgIpc) is 3.59. The predicted octanol–water partition coefficient (Wildman–Crippen LogP) is 3.14. The number of hydrogen-bond donors (Lipinski definition) is 2. The van der Waals surface area contributed by atoms with Gasteiger partial charge in [0.2, 0.25) is 6.41 Å². The van der Waals surface area contributed by atoms with Gasteiger partial charge >= 0.3 is 5.97 Å². The molecule has 1 unspecified atom stereocenters. The molecule has 2 N–H and O–H groups in total. The van der Waals surface area contributed by atoms with Crippen molar-refractivity contribution < 1.29 is 24.5 Å². The van der Waals surface area contributed by atoms with Crippen LogP contribution in [0.1, 0.15) is 66.9 Å². The summed E-state index contributed by atoms with van der Waals surface area (Å²) in [5.41, 5.74) is 3.43. The van der Waals surface area contributed by atoms with Crippen molar-refractivity contribution in [3.63, 3.8) is 0 Å². The maximum Gasteiger partial charge on any atom is 0.338 e. The molecule has 0 spiro atoms. The van der Waals surface area contributed by atoms with E-state index in [0.717, 1.165) is 80.5 Å². The number of rotatable bonds is 7.